The third-order valence-corrected chi connectivity index (χ3v) is 7.65. The van der Waals surface area contributed by atoms with E-state index in [0.717, 1.165) is 10.1 Å². The Bertz CT molecular complexity index is 1430. The third-order valence-electron chi connectivity index (χ3n) is 6.93. The molecule has 1 fully saturated rings. The third kappa shape index (κ3) is 4.67. The minimum absolute atomic E-state index is 0.124. The summed E-state index contributed by atoms with van der Waals surface area (Å²) in [4.78, 5) is 54.4. The Morgan fingerprint density at radius 3 is 2.22 bits per heavy atom. The van der Waals surface area contributed by atoms with Crippen molar-refractivity contribution in [3.8, 4) is 0 Å². The van der Waals surface area contributed by atoms with Crippen molar-refractivity contribution >= 4 is 40.6 Å². The predicted octanol–water partition coefficient (Wildman–Crippen LogP) is 4.43. The fraction of sp³-hybridized carbons (Fsp3) is 0.385. The number of aryl methyl sites for hydroxylation is 1. The minimum atomic E-state index is -1.63. The number of nitrogens with zero attached hydrogens (tertiary/aromatic N) is 3. The Balaban J connectivity index is 1.83. The summed E-state index contributed by atoms with van der Waals surface area (Å²) in [7, 11) is 0. The van der Waals surface area contributed by atoms with E-state index in [4.69, 9.17) is 23.2 Å². The van der Waals surface area contributed by atoms with Crippen molar-refractivity contribution in [3.05, 3.63) is 84.6 Å². The quantitative estimate of drug-likeness (QED) is 0.414. The van der Waals surface area contributed by atoms with E-state index in [1.165, 1.54) is 15.4 Å². The highest BCUT2D eigenvalue weighted by atomic mass is 35.5. The van der Waals surface area contributed by atoms with E-state index < -0.39 is 34.5 Å². The number of ketones is 1. The minimum Gasteiger partial charge on any atom is -0.323 e. The first-order valence-corrected chi connectivity index (χ1v) is 12.7. The molecule has 0 radical (unpaired) electrons. The fourth-order valence-corrected chi connectivity index (χ4v) is 4.93. The van der Waals surface area contributed by atoms with Gasteiger partial charge in [-0.3, -0.25) is 9.59 Å². The molecule has 1 aromatic heterocycles. The van der Waals surface area contributed by atoms with Gasteiger partial charge >= 0.3 is 11.4 Å². The normalized spacial score (nSPS) is 14.9. The lowest BCUT2D eigenvalue weighted by atomic mass is 9.91. The van der Waals surface area contributed by atoms with Gasteiger partial charge in [0.2, 0.25) is 0 Å². The Labute approximate surface area is 218 Å². The molecule has 0 bridgehead atoms. The van der Waals surface area contributed by atoms with Crippen LogP contribution in [0.4, 0.5) is 5.69 Å². The summed E-state index contributed by atoms with van der Waals surface area (Å²) in [5, 5.41) is 3.27. The number of benzene rings is 2. The van der Waals surface area contributed by atoms with Gasteiger partial charge in [0.1, 0.15) is 0 Å². The number of amides is 1. The average molecular weight is 531 g/mol. The van der Waals surface area contributed by atoms with Crippen molar-refractivity contribution in [2.24, 2.45) is 5.41 Å². The Hall–Kier alpha value is -3.10. The van der Waals surface area contributed by atoms with Crippen LogP contribution in [0, 0.1) is 12.3 Å². The van der Waals surface area contributed by atoms with Crippen LogP contribution < -0.4 is 16.7 Å². The molecule has 36 heavy (non-hydrogen) atoms. The van der Waals surface area contributed by atoms with Crippen LogP contribution in [-0.4, -0.2) is 25.6 Å². The summed E-state index contributed by atoms with van der Waals surface area (Å²) in [6.45, 7) is 5.67. The summed E-state index contributed by atoms with van der Waals surface area (Å²) in [5.41, 5.74) is -0.434. The maximum absolute atomic E-state index is 13.7. The first-order valence-electron chi connectivity index (χ1n) is 11.9. The smallest absolute Gasteiger partial charge is 0.323 e. The van der Waals surface area contributed by atoms with E-state index in [9.17, 15) is 19.2 Å². The second-order valence-electron chi connectivity index (χ2n) is 9.17. The number of hydrogen-bond acceptors (Lipinski definition) is 4. The molecule has 1 aliphatic rings. The number of halogens is 2. The number of anilines is 1. The van der Waals surface area contributed by atoms with Crippen LogP contribution >= 0.6 is 23.2 Å². The van der Waals surface area contributed by atoms with Crippen LogP contribution in [0.5, 0.6) is 0 Å². The van der Waals surface area contributed by atoms with E-state index in [1.807, 2.05) is 37.3 Å². The number of rotatable bonds is 9. The lowest BCUT2D eigenvalue weighted by molar-refractivity contribution is -0.134. The van der Waals surface area contributed by atoms with E-state index in [2.05, 4.69) is 5.32 Å². The Morgan fingerprint density at radius 1 is 1.00 bits per heavy atom. The zero-order chi connectivity index (χ0) is 26.2. The van der Waals surface area contributed by atoms with Gasteiger partial charge in [-0.05, 0) is 56.4 Å². The molecule has 0 spiro atoms. The molecule has 0 aliphatic heterocycles. The van der Waals surface area contributed by atoms with Gasteiger partial charge in [-0.1, -0.05) is 60.5 Å². The second-order valence-corrected chi connectivity index (χ2v) is 9.98. The molecule has 4 rings (SSSR count). The maximum atomic E-state index is 13.7. The van der Waals surface area contributed by atoms with Crippen LogP contribution in [0.3, 0.4) is 0 Å². The molecule has 10 heteroatoms. The summed E-state index contributed by atoms with van der Waals surface area (Å²) in [5.74, 6) is -1.23. The summed E-state index contributed by atoms with van der Waals surface area (Å²) in [6.07, 6.45) is 1.72. The van der Waals surface area contributed by atoms with Crippen LogP contribution in [0.15, 0.2) is 52.1 Å². The van der Waals surface area contributed by atoms with Gasteiger partial charge in [0, 0.05) is 17.0 Å². The number of nitrogens with one attached hydrogen (secondary N) is 1. The molecular formula is C26H28Cl2N4O4. The number of aromatic nitrogens is 3. The van der Waals surface area contributed by atoms with Gasteiger partial charge in [-0.2, -0.15) is 0 Å². The number of hydrogen-bond donors (Lipinski definition) is 1. The molecule has 1 saturated carbocycles. The van der Waals surface area contributed by atoms with Gasteiger partial charge in [0.25, 0.3) is 5.91 Å². The molecule has 1 amide bonds. The standard InChI is InChI=1S/C26H28Cl2N4O4/c1-4-26(11-12-26)22(33)21(23(34)29-20-13-16(3)18(27)14-19(20)28)32-24(35)30(5-2)31(25(32)36)15-17-9-7-6-8-10-17/h6-10,13-14,21H,4-5,11-12,15H2,1-3H3,(H,29,34). The second kappa shape index (κ2) is 10.1. The Morgan fingerprint density at radius 2 is 1.64 bits per heavy atom. The monoisotopic (exact) mass is 530 g/mol. The zero-order valence-corrected chi connectivity index (χ0v) is 21.9. The van der Waals surface area contributed by atoms with Crippen molar-refractivity contribution < 1.29 is 9.59 Å². The molecule has 1 atom stereocenters. The van der Waals surface area contributed by atoms with Crippen LogP contribution in [-0.2, 0) is 22.7 Å². The number of carbonyl (C=O) groups is 2. The number of Topliss-reactive ketones (excluding diaryl/α,β-unsaturated/α-hetero) is 1. The van der Waals surface area contributed by atoms with Crippen LogP contribution in [0.1, 0.15) is 50.3 Å². The SMILES string of the molecule is CCn1c(=O)n(C(C(=O)Nc2cc(C)c(Cl)cc2Cl)C(=O)C2(CC)CC2)c(=O)n1Cc1ccccc1. The highest BCUT2D eigenvalue weighted by molar-refractivity contribution is 6.37. The van der Waals surface area contributed by atoms with Crippen molar-refractivity contribution in [1.29, 1.82) is 0 Å². The van der Waals surface area contributed by atoms with E-state index >= 15 is 0 Å². The van der Waals surface area contributed by atoms with E-state index in [-0.39, 0.29) is 23.8 Å². The van der Waals surface area contributed by atoms with Gasteiger partial charge in [-0.25, -0.2) is 23.5 Å². The van der Waals surface area contributed by atoms with E-state index in [1.54, 1.807) is 19.9 Å². The molecular weight excluding hydrogens is 503 g/mol. The molecule has 2 aromatic carbocycles. The topological polar surface area (TPSA) is 95.1 Å². The first kappa shape index (κ1) is 26.0. The van der Waals surface area contributed by atoms with Crippen molar-refractivity contribution in [2.75, 3.05) is 5.32 Å². The van der Waals surface area contributed by atoms with Crippen molar-refractivity contribution in [3.63, 3.8) is 0 Å². The molecule has 8 nitrogen and oxygen atoms in total. The lowest BCUT2D eigenvalue weighted by Crippen LogP contribution is -2.45. The summed E-state index contributed by atoms with van der Waals surface area (Å²) in [6, 6.07) is 10.6. The van der Waals surface area contributed by atoms with Crippen LogP contribution in [0.25, 0.3) is 0 Å². The highest BCUT2D eigenvalue weighted by Gasteiger charge is 2.53. The molecule has 1 aliphatic carbocycles. The summed E-state index contributed by atoms with van der Waals surface area (Å²) >= 11 is 12.4. The largest absolute Gasteiger partial charge is 0.348 e. The molecule has 0 saturated heterocycles. The van der Waals surface area contributed by atoms with Crippen LogP contribution in [0.2, 0.25) is 10.0 Å². The summed E-state index contributed by atoms with van der Waals surface area (Å²) < 4.78 is 3.32. The highest BCUT2D eigenvalue weighted by Crippen LogP contribution is 2.51. The van der Waals surface area contributed by atoms with Gasteiger partial charge in [0.05, 0.1) is 17.3 Å². The lowest BCUT2D eigenvalue weighted by Gasteiger charge is -2.21. The first-order chi connectivity index (χ1) is 17.1. The van der Waals surface area contributed by atoms with Crippen molar-refractivity contribution in [1.82, 2.24) is 13.9 Å². The predicted molar refractivity (Wildman–Crippen MR) is 140 cm³/mol. The molecule has 1 unspecified atom stereocenters. The molecule has 190 valence electrons. The molecule has 3 aromatic rings. The maximum Gasteiger partial charge on any atom is 0.348 e. The van der Waals surface area contributed by atoms with Gasteiger partial charge in [-0.15, -0.1) is 0 Å². The van der Waals surface area contributed by atoms with Gasteiger partial charge < -0.3 is 5.32 Å². The fourth-order valence-electron chi connectivity index (χ4n) is 4.50. The van der Waals surface area contributed by atoms with E-state index in [0.29, 0.717) is 29.8 Å². The number of carbonyl (C=O) groups excluding carboxylic acids is 2. The molecule has 1 heterocycles. The Kier molecular flexibility index (Phi) is 7.29. The molecule has 1 N–H and O–H groups in total. The van der Waals surface area contributed by atoms with Crippen molar-refractivity contribution in [2.45, 2.75) is 59.2 Å². The van der Waals surface area contributed by atoms with Gasteiger partial charge in [0.15, 0.2) is 11.8 Å². The zero-order valence-electron chi connectivity index (χ0n) is 20.4. The average Bonchev–Trinajstić information content (AvgIpc) is 3.62.